The molecule has 2 N–H and O–H groups in total. The number of rotatable bonds is 5. The van der Waals surface area contributed by atoms with Gasteiger partial charge in [-0.05, 0) is 48.2 Å². The fourth-order valence-electron chi connectivity index (χ4n) is 2.32. The first kappa shape index (κ1) is 16.4. The Labute approximate surface area is 132 Å². The number of hydrogen-bond donors (Lipinski definition) is 2. The molecule has 22 heavy (non-hydrogen) atoms. The van der Waals surface area contributed by atoms with Crippen LogP contribution in [0.4, 0.5) is 17.1 Å². The molecular formula is C17H22N2O2S. The van der Waals surface area contributed by atoms with Crippen LogP contribution in [-0.2, 0) is 10.0 Å². The summed E-state index contributed by atoms with van der Waals surface area (Å²) >= 11 is 0. The number of anilines is 3. The summed E-state index contributed by atoms with van der Waals surface area (Å²) in [5.41, 5.74) is 5.04. The van der Waals surface area contributed by atoms with Crippen LogP contribution in [0.25, 0.3) is 0 Å². The molecule has 0 aliphatic rings. The highest BCUT2D eigenvalue weighted by Gasteiger charge is 2.09. The number of hydrogen-bond acceptors (Lipinski definition) is 3. The maximum absolute atomic E-state index is 11.2. The molecule has 0 radical (unpaired) electrons. The summed E-state index contributed by atoms with van der Waals surface area (Å²) in [6.45, 7) is 6.41. The molecule has 4 nitrogen and oxygen atoms in total. The third kappa shape index (κ3) is 4.24. The predicted octanol–water partition coefficient (Wildman–Crippen LogP) is 4.23. The molecule has 0 atom stereocenters. The van der Waals surface area contributed by atoms with Gasteiger partial charge in [0.2, 0.25) is 10.0 Å². The summed E-state index contributed by atoms with van der Waals surface area (Å²) in [4.78, 5) is 0. The van der Waals surface area contributed by atoms with Gasteiger partial charge >= 0.3 is 0 Å². The van der Waals surface area contributed by atoms with E-state index in [9.17, 15) is 8.42 Å². The molecule has 2 aromatic carbocycles. The van der Waals surface area contributed by atoms with Crippen LogP contribution in [0.5, 0.6) is 0 Å². The molecule has 0 aromatic heterocycles. The molecular weight excluding hydrogens is 296 g/mol. The van der Waals surface area contributed by atoms with Crippen LogP contribution in [-0.4, -0.2) is 14.7 Å². The quantitative estimate of drug-likeness (QED) is 0.867. The van der Waals surface area contributed by atoms with E-state index in [0.717, 1.165) is 17.6 Å². The molecule has 0 amide bonds. The minimum absolute atomic E-state index is 0.425. The van der Waals surface area contributed by atoms with Crippen molar-refractivity contribution in [3.63, 3.8) is 0 Å². The Hall–Kier alpha value is -2.01. The lowest BCUT2D eigenvalue weighted by atomic mass is 9.98. The van der Waals surface area contributed by atoms with E-state index >= 15 is 0 Å². The number of nitrogens with one attached hydrogen (secondary N) is 2. The fraction of sp³-hybridized carbons (Fsp3) is 0.294. The van der Waals surface area contributed by atoms with Gasteiger partial charge in [-0.1, -0.05) is 32.0 Å². The topological polar surface area (TPSA) is 58.2 Å². The molecule has 0 fully saturated rings. The average molecular weight is 318 g/mol. The second-order valence-corrected chi connectivity index (χ2v) is 7.52. The minimum Gasteiger partial charge on any atom is -0.355 e. The summed E-state index contributed by atoms with van der Waals surface area (Å²) in [6, 6.07) is 13.5. The molecule has 0 heterocycles. The first-order valence-electron chi connectivity index (χ1n) is 7.20. The van der Waals surface area contributed by atoms with E-state index in [1.165, 1.54) is 11.1 Å². The Morgan fingerprint density at radius 1 is 0.955 bits per heavy atom. The van der Waals surface area contributed by atoms with Gasteiger partial charge in [0.25, 0.3) is 0 Å². The Balaban J connectivity index is 2.25. The Bertz CT molecular complexity index is 751. The molecule has 2 aromatic rings. The van der Waals surface area contributed by atoms with E-state index in [-0.39, 0.29) is 0 Å². The molecule has 0 spiro atoms. The number of sulfonamides is 1. The number of benzene rings is 2. The summed E-state index contributed by atoms with van der Waals surface area (Å²) < 4.78 is 24.9. The lowest BCUT2D eigenvalue weighted by molar-refractivity contribution is 0.607. The monoisotopic (exact) mass is 318 g/mol. The Kier molecular flexibility index (Phi) is 4.76. The van der Waals surface area contributed by atoms with Gasteiger partial charge in [0, 0.05) is 17.1 Å². The van der Waals surface area contributed by atoms with Crippen LogP contribution in [0, 0.1) is 6.92 Å². The number of para-hydroxylation sites is 1. The standard InChI is InChI=1S/C17H22N2O2S/c1-12(2)16-7-5-6-13(3)17(16)18-14-8-10-15(11-9-14)19-22(4,20)21/h5-12,18-19H,1-4H3. The van der Waals surface area contributed by atoms with E-state index in [2.05, 4.69) is 49.0 Å². The molecule has 0 saturated carbocycles. The zero-order chi connectivity index (χ0) is 16.3. The van der Waals surface area contributed by atoms with Crippen molar-refractivity contribution in [3.05, 3.63) is 53.6 Å². The van der Waals surface area contributed by atoms with Gasteiger partial charge in [-0.3, -0.25) is 4.72 Å². The van der Waals surface area contributed by atoms with E-state index in [4.69, 9.17) is 0 Å². The average Bonchev–Trinajstić information content (AvgIpc) is 2.41. The zero-order valence-corrected chi connectivity index (χ0v) is 14.2. The normalized spacial score (nSPS) is 11.5. The molecule has 5 heteroatoms. The van der Waals surface area contributed by atoms with Crippen LogP contribution in [0.1, 0.15) is 30.9 Å². The highest BCUT2D eigenvalue weighted by Crippen LogP contribution is 2.30. The van der Waals surface area contributed by atoms with Gasteiger partial charge in [-0.25, -0.2) is 8.42 Å². The van der Waals surface area contributed by atoms with Crippen molar-refractivity contribution >= 4 is 27.1 Å². The first-order chi connectivity index (χ1) is 10.3. The summed E-state index contributed by atoms with van der Waals surface area (Å²) in [5.74, 6) is 0.425. The van der Waals surface area contributed by atoms with E-state index in [1.54, 1.807) is 12.1 Å². The van der Waals surface area contributed by atoms with E-state index in [1.807, 2.05) is 12.1 Å². The SMILES string of the molecule is Cc1cccc(C(C)C)c1Nc1ccc(NS(C)(=O)=O)cc1. The Morgan fingerprint density at radius 2 is 1.55 bits per heavy atom. The van der Waals surface area contributed by atoms with E-state index < -0.39 is 10.0 Å². The van der Waals surface area contributed by atoms with Crippen LogP contribution >= 0.6 is 0 Å². The number of aryl methyl sites for hydroxylation is 1. The van der Waals surface area contributed by atoms with Crippen molar-refractivity contribution in [3.8, 4) is 0 Å². The second kappa shape index (κ2) is 6.40. The second-order valence-electron chi connectivity index (χ2n) is 5.77. The van der Waals surface area contributed by atoms with Crippen LogP contribution in [0.15, 0.2) is 42.5 Å². The molecule has 118 valence electrons. The van der Waals surface area contributed by atoms with E-state index in [0.29, 0.717) is 11.6 Å². The fourth-order valence-corrected chi connectivity index (χ4v) is 2.89. The third-order valence-electron chi connectivity index (χ3n) is 3.38. The van der Waals surface area contributed by atoms with Crippen molar-refractivity contribution in [1.29, 1.82) is 0 Å². The summed E-state index contributed by atoms with van der Waals surface area (Å²) in [7, 11) is -3.24. The molecule has 0 saturated heterocycles. The highest BCUT2D eigenvalue weighted by molar-refractivity contribution is 7.92. The molecule has 2 rings (SSSR count). The summed E-state index contributed by atoms with van der Waals surface area (Å²) in [5, 5.41) is 3.43. The lowest BCUT2D eigenvalue weighted by Gasteiger charge is -2.17. The van der Waals surface area contributed by atoms with Crippen molar-refractivity contribution in [2.24, 2.45) is 0 Å². The molecule has 0 bridgehead atoms. The van der Waals surface area contributed by atoms with Crippen molar-refractivity contribution in [1.82, 2.24) is 0 Å². The van der Waals surface area contributed by atoms with Crippen molar-refractivity contribution in [2.75, 3.05) is 16.3 Å². The summed E-state index contributed by atoms with van der Waals surface area (Å²) in [6.07, 6.45) is 1.14. The molecule has 0 aliphatic heterocycles. The highest BCUT2D eigenvalue weighted by atomic mass is 32.2. The van der Waals surface area contributed by atoms with Gasteiger partial charge in [0.15, 0.2) is 0 Å². The smallest absolute Gasteiger partial charge is 0.229 e. The lowest BCUT2D eigenvalue weighted by Crippen LogP contribution is -2.09. The van der Waals surface area contributed by atoms with Gasteiger partial charge < -0.3 is 5.32 Å². The van der Waals surface area contributed by atoms with Gasteiger partial charge in [-0.15, -0.1) is 0 Å². The molecule has 0 aliphatic carbocycles. The van der Waals surface area contributed by atoms with Crippen LogP contribution in [0.3, 0.4) is 0 Å². The first-order valence-corrected chi connectivity index (χ1v) is 9.10. The largest absolute Gasteiger partial charge is 0.355 e. The van der Waals surface area contributed by atoms with Crippen molar-refractivity contribution < 1.29 is 8.42 Å². The zero-order valence-electron chi connectivity index (χ0n) is 13.3. The van der Waals surface area contributed by atoms with Gasteiger partial charge in [0.05, 0.1) is 6.26 Å². The Morgan fingerprint density at radius 3 is 2.09 bits per heavy atom. The van der Waals surface area contributed by atoms with Gasteiger partial charge in [0.1, 0.15) is 0 Å². The van der Waals surface area contributed by atoms with Crippen LogP contribution < -0.4 is 10.0 Å². The maximum atomic E-state index is 11.2. The predicted molar refractivity (Wildman–Crippen MR) is 93.5 cm³/mol. The van der Waals surface area contributed by atoms with Gasteiger partial charge in [-0.2, -0.15) is 0 Å². The third-order valence-corrected chi connectivity index (χ3v) is 3.99. The van der Waals surface area contributed by atoms with Crippen LogP contribution in [0.2, 0.25) is 0 Å². The minimum atomic E-state index is -3.24. The molecule has 0 unspecified atom stereocenters. The van der Waals surface area contributed by atoms with Crippen molar-refractivity contribution in [2.45, 2.75) is 26.7 Å². The maximum Gasteiger partial charge on any atom is 0.229 e.